The van der Waals surface area contributed by atoms with Gasteiger partial charge < -0.3 is 29.7 Å². The highest BCUT2D eigenvalue weighted by molar-refractivity contribution is 7.92. The number of nitrogens with zero attached hydrogens (tertiary/aromatic N) is 2. The molecule has 0 aromatic heterocycles. The quantitative estimate of drug-likeness (QED) is 0.232. The number of nitrogens with one attached hydrogen (secondary N) is 2. The van der Waals surface area contributed by atoms with Crippen LogP contribution in [0.3, 0.4) is 0 Å². The molecule has 0 saturated heterocycles. The van der Waals surface area contributed by atoms with Crippen molar-refractivity contribution in [2.45, 2.75) is 30.9 Å². The maximum absolute atomic E-state index is 13.8. The Bertz CT molecular complexity index is 1830. The average molecular weight is 647 g/mol. The fraction of sp³-hybridized carbons (Fsp3) is 0.294. The van der Waals surface area contributed by atoms with Gasteiger partial charge in [0, 0.05) is 24.9 Å². The number of hydrogen-bond acceptors (Lipinski definition) is 7. The number of anilines is 2. The number of fused-ring (bicyclic) bond motifs is 2. The minimum atomic E-state index is -4.09. The van der Waals surface area contributed by atoms with Gasteiger partial charge in [-0.05, 0) is 54.8 Å². The Morgan fingerprint density at radius 2 is 1.72 bits per heavy atom. The topological polar surface area (TPSA) is 138 Å². The van der Waals surface area contributed by atoms with E-state index >= 15 is 0 Å². The lowest BCUT2D eigenvalue weighted by molar-refractivity contribution is 0.0373. The van der Waals surface area contributed by atoms with Crippen LogP contribution in [0.4, 0.5) is 16.2 Å². The van der Waals surface area contributed by atoms with Crippen molar-refractivity contribution >= 4 is 44.1 Å². The molecule has 3 amide bonds. The van der Waals surface area contributed by atoms with Gasteiger partial charge in [0.25, 0.3) is 15.9 Å². The van der Waals surface area contributed by atoms with Gasteiger partial charge in [0.05, 0.1) is 48.1 Å². The van der Waals surface area contributed by atoms with Crippen molar-refractivity contribution in [1.82, 2.24) is 9.80 Å². The molecule has 1 heterocycles. The lowest BCUT2D eigenvalue weighted by Gasteiger charge is -2.38. The number of urea groups is 1. The molecule has 0 spiro atoms. The van der Waals surface area contributed by atoms with Gasteiger partial charge in [0.2, 0.25) is 0 Å². The second kappa shape index (κ2) is 13.7. The standard InChI is InChI=1S/C34H38N4O7S/c1-22-19-38(23(2)21-39)33(40)28-12-8-14-30(36-46(42,43)26-17-15-25(44-4)16-18-26)32(28)45-31(22)20-37(3)34(41)35-29-13-7-10-24-9-5-6-11-27(24)29/h5-18,22-23,31,36,39H,19-21H2,1-4H3,(H,35,41)/t22-,23+,31-/m1/s1. The van der Waals surface area contributed by atoms with Crippen molar-refractivity contribution in [3.63, 3.8) is 0 Å². The summed E-state index contributed by atoms with van der Waals surface area (Å²) in [4.78, 5) is 30.3. The number of hydrogen-bond donors (Lipinski definition) is 3. The predicted molar refractivity (Wildman–Crippen MR) is 177 cm³/mol. The molecule has 3 N–H and O–H groups in total. The van der Waals surface area contributed by atoms with Gasteiger partial charge in [-0.2, -0.15) is 0 Å². The Hall–Kier alpha value is -4.81. The van der Waals surface area contributed by atoms with E-state index in [0.29, 0.717) is 11.4 Å². The number of likely N-dealkylation sites (N-methyl/N-ethyl adjacent to an activating group) is 1. The number of ether oxygens (including phenoxy) is 2. The average Bonchev–Trinajstić information content (AvgIpc) is 3.06. The smallest absolute Gasteiger partial charge is 0.321 e. The summed E-state index contributed by atoms with van der Waals surface area (Å²) in [6.07, 6.45) is -0.657. The second-order valence-corrected chi connectivity index (χ2v) is 13.1. The Morgan fingerprint density at radius 3 is 2.43 bits per heavy atom. The van der Waals surface area contributed by atoms with Gasteiger partial charge in [-0.25, -0.2) is 13.2 Å². The van der Waals surface area contributed by atoms with Gasteiger partial charge in [-0.15, -0.1) is 0 Å². The van der Waals surface area contributed by atoms with Gasteiger partial charge in [-0.1, -0.05) is 49.4 Å². The second-order valence-electron chi connectivity index (χ2n) is 11.4. The van der Waals surface area contributed by atoms with Crippen LogP contribution in [0, 0.1) is 5.92 Å². The summed E-state index contributed by atoms with van der Waals surface area (Å²) in [6, 6.07) is 23.1. The van der Waals surface area contributed by atoms with Crippen molar-refractivity contribution in [3.8, 4) is 11.5 Å². The molecule has 12 heteroatoms. The van der Waals surface area contributed by atoms with Crippen LogP contribution < -0.4 is 19.5 Å². The number of benzene rings is 4. The molecule has 0 aliphatic carbocycles. The number of sulfonamides is 1. The Labute approximate surface area is 268 Å². The molecule has 4 aromatic carbocycles. The van der Waals surface area contributed by atoms with E-state index < -0.39 is 28.1 Å². The highest BCUT2D eigenvalue weighted by Gasteiger charge is 2.35. The molecule has 46 heavy (non-hydrogen) atoms. The highest BCUT2D eigenvalue weighted by Crippen LogP contribution is 2.36. The molecule has 11 nitrogen and oxygen atoms in total. The molecule has 242 valence electrons. The monoisotopic (exact) mass is 646 g/mol. The van der Waals surface area contributed by atoms with Gasteiger partial charge in [0.1, 0.15) is 11.9 Å². The van der Waals surface area contributed by atoms with Crippen molar-refractivity contribution in [2.24, 2.45) is 5.92 Å². The van der Waals surface area contributed by atoms with Crippen molar-refractivity contribution < 1.29 is 32.6 Å². The van der Waals surface area contributed by atoms with Crippen molar-refractivity contribution in [3.05, 3.63) is 90.5 Å². The minimum Gasteiger partial charge on any atom is -0.497 e. The molecule has 0 fully saturated rings. The first kappa shape index (κ1) is 32.6. The largest absolute Gasteiger partial charge is 0.497 e. The van der Waals surface area contributed by atoms with E-state index in [4.69, 9.17) is 9.47 Å². The number of aliphatic hydroxyl groups is 1. The van der Waals surface area contributed by atoms with Crippen molar-refractivity contribution in [1.29, 1.82) is 0 Å². The van der Waals surface area contributed by atoms with Crippen LogP contribution in [0.5, 0.6) is 11.5 Å². The fourth-order valence-corrected chi connectivity index (χ4v) is 6.46. The Morgan fingerprint density at radius 1 is 1.04 bits per heavy atom. The first-order chi connectivity index (χ1) is 22.0. The number of para-hydroxylation sites is 1. The van der Waals surface area contributed by atoms with E-state index in [1.165, 1.54) is 42.3 Å². The molecule has 0 unspecified atom stereocenters. The van der Waals surface area contributed by atoms with Gasteiger partial charge >= 0.3 is 6.03 Å². The molecule has 1 aliphatic heterocycles. The number of carbonyl (C=O) groups excluding carboxylic acids is 2. The van der Waals surface area contributed by atoms with Gasteiger partial charge in [0.15, 0.2) is 5.75 Å². The zero-order valence-corrected chi connectivity index (χ0v) is 27.0. The predicted octanol–water partition coefficient (Wildman–Crippen LogP) is 5.03. The summed E-state index contributed by atoms with van der Waals surface area (Å²) in [7, 11) is -0.956. The maximum Gasteiger partial charge on any atom is 0.321 e. The minimum absolute atomic E-state index is 0.00615. The molecular formula is C34H38N4O7S. The van der Waals surface area contributed by atoms with Crippen LogP contribution in [0.25, 0.3) is 10.8 Å². The SMILES string of the molecule is COc1ccc(S(=O)(=O)Nc2cccc3c2O[C@H](CN(C)C(=O)Nc2cccc4ccccc24)[C@H](C)CN([C@@H](C)CO)C3=O)cc1. The van der Waals surface area contributed by atoms with Crippen LogP contribution in [0.1, 0.15) is 24.2 Å². The van der Waals surface area contributed by atoms with Crippen LogP contribution in [0.2, 0.25) is 0 Å². The third-order valence-corrected chi connectivity index (χ3v) is 9.52. The molecule has 1 aliphatic rings. The van der Waals surface area contributed by atoms with Gasteiger partial charge in [-0.3, -0.25) is 9.52 Å². The normalized spacial score (nSPS) is 17.2. The lowest BCUT2D eigenvalue weighted by atomic mass is 9.99. The number of amides is 3. The van der Waals surface area contributed by atoms with E-state index in [9.17, 15) is 23.1 Å². The third kappa shape index (κ3) is 6.87. The van der Waals surface area contributed by atoms with E-state index in [2.05, 4.69) is 10.0 Å². The molecule has 4 aromatic rings. The lowest BCUT2D eigenvalue weighted by Crippen LogP contribution is -2.50. The molecule has 0 bridgehead atoms. The summed E-state index contributed by atoms with van der Waals surface area (Å²) < 4.78 is 41.1. The van der Waals surface area contributed by atoms with Crippen LogP contribution in [-0.4, -0.2) is 81.3 Å². The summed E-state index contributed by atoms with van der Waals surface area (Å²) >= 11 is 0. The van der Waals surface area contributed by atoms with E-state index in [1.54, 1.807) is 31.0 Å². The van der Waals surface area contributed by atoms with E-state index in [1.807, 2.05) is 49.4 Å². The van der Waals surface area contributed by atoms with Crippen molar-refractivity contribution in [2.75, 3.05) is 43.9 Å². The first-order valence-corrected chi connectivity index (χ1v) is 16.4. The third-order valence-electron chi connectivity index (χ3n) is 8.14. The molecule has 0 radical (unpaired) electrons. The highest BCUT2D eigenvalue weighted by atomic mass is 32.2. The van der Waals surface area contributed by atoms with Crippen LogP contribution in [-0.2, 0) is 10.0 Å². The van der Waals surface area contributed by atoms with Crippen LogP contribution >= 0.6 is 0 Å². The number of carbonyl (C=O) groups is 2. The fourth-order valence-electron chi connectivity index (χ4n) is 5.40. The number of aliphatic hydroxyl groups excluding tert-OH is 1. The summed E-state index contributed by atoms with van der Waals surface area (Å²) in [5.41, 5.74) is 0.867. The molecule has 5 rings (SSSR count). The Balaban J connectivity index is 1.46. The molecule has 3 atom stereocenters. The summed E-state index contributed by atoms with van der Waals surface area (Å²) in [6.45, 7) is 3.72. The summed E-state index contributed by atoms with van der Waals surface area (Å²) in [5.74, 6) is -0.181. The number of rotatable bonds is 9. The Kier molecular flexibility index (Phi) is 9.68. The number of methoxy groups -OCH3 is 1. The van der Waals surface area contributed by atoms with E-state index in [0.717, 1.165) is 10.8 Å². The van der Waals surface area contributed by atoms with Crippen LogP contribution in [0.15, 0.2) is 89.8 Å². The zero-order valence-electron chi connectivity index (χ0n) is 26.1. The first-order valence-electron chi connectivity index (χ1n) is 14.9. The maximum atomic E-state index is 13.8. The van der Waals surface area contributed by atoms with E-state index in [-0.39, 0.29) is 53.5 Å². The zero-order chi connectivity index (χ0) is 33.0. The summed E-state index contributed by atoms with van der Waals surface area (Å²) in [5, 5.41) is 14.9. The molecule has 0 saturated carbocycles. The molecular weight excluding hydrogens is 608 g/mol.